The standard InChI is InChI=1S/C9H16O/c1-2-3-4-5-6-7-8-9-10/h8H,2-7H2,1H3. The fourth-order valence-corrected chi connectivity index (χ4v) is 0.909. The van der Waals surface area contributed by atoms with Crippen molar-refractivity contribution in [2.45, 2.75) is 45.4 Å². The van der Waals surface area contributed by atoms with Gasteiger partial charge in [0.25, 0.3) is 0 Å². The van der Waals surface area contributed by atoms with Crippen molar-refractivity contribution >= 4 is 5.94 Å². The van der Waals surface area contributed by atoms with Gasteiger partial charge in [-0.15, -0.1) is 0 Å². The van der Waals surface area contributed by atoms with Crippen LogP contribution in [0.4, 0.5) is 0 Å². The Hall–Kier alpha value is -0.550. The van der Waals surface area contributed by atoms with Crippen LogP contribution in [-0.4, -0.2) is 5.94 Å². The number of carbonyl (C=O) groups excluding carboxylic acids is 1. The maximum atomic E-state index is 9.71. The number of unbranched alkanes of at least 4 members (excludes halogenated alkanes) is 5. The van der Waals surface area contributed by atoms with Crippen molar-refractivity contribution in [3.8, 4) is 0 Å². The minimum Gasteiger partial charge on any atom is -0.234 e. The second-order valence-corrected chi connectivity index (χ2v) is 2.52. The Labute approximate surface area is 63.1 Å². The van der Waals surface area contributed by atoms with Crippen LogP contribution >= 0.6 is 0 Å². The first-order valence-corrected chi connectivity index (χ1v) is 4.11. The van der Waals surface area contributed by atoms with E-state index in [0.29, 0.717) is 0 Å². The Bertz CT molecular complexity index is 101. The van der Waals surface area contributed by atoms with E-state index in [9.17, 15) is 4.79 Å². The lowest BCUT2D eigenvalue weighted by Crippen LogP contribution is -1.75. The molecule has 0 bridgehead atoms. The normalized spacial score (nSPS) is 8.90. The summed E-state index contributed by atoms with van der Waals surface area (Å²) in [6, 6.07) is 0. The molecule has 0 unspecified atom stereocenters. The molecule has 0 saturated heterocycles. The first kappa shape index (κ1) is 9.45. The van der Waals surface area contributed by atoms with Crippen molar-refractivity contribution in [3.05, 3.63) is 6.08 Å². The molecule has 0 aromatic carbocycles. The molecule has 58 valence electrons. The zero-order valence-corrected chi connectivity index (χ0v) is 6.73. The van der Waals surface area contributed by atoms with Gasteiger partial charge in [-0.05, 0) is 18.9 Å². The summed E-state index contributed by atoms with van der Waals surface area (Å²) in [6.07, 6.45) is 8.80. The van der Waals surface area contributed by atoms with Gasteiger partial charge in [-0.3, -0.25) is 0 Å². The Kier molecular flexibility index (Phi) is 7.99. The summed E-state index contributed by atoms with van der Waals surface area (Å²) in [5.74, 6) is 1.78. The average Bonchev–Trinajstić information content (AvgIpc) is 1.97. The molecule has 0 atom stereocenters. The highest BCUT2D eigenvalue weighted by Gasteiger charge is 1.85. The highest BCUT2D eigenvalue weighted by Crippen LogP contribution is 2.04. The smallest absolute Gasteiger partial charge is 0.120 e. The zero-order valence-electron chi connectivity index (χ0n) is 6.73. The highest BCUT2D eigenvalue weighted by molar-refractivity contribution is 5.44. The van der Waals surface area contributed by atoms with Gasteiger partial charge >= 0.3 is 0 Å². The van der Waals surface area contributed by atoms with Gasteiger partial charge in [-0.25, -0.2) is 4.79 Å². The van der Waals surface area contributed by atoms with Gasteiger partial charge in [0.05, 0.1) is 0 Å². The summed E-state index contributed by atoms with van der Waals surface area (Å²) in [7, 11) is 0. The minimum atomic E-state index is 0.910. The van der Waals surface area contributed by atoms with Crippen LogP contribution < -0.4 is 0 Å². The van der Waals surface area contributed by atoms with E-state index in [0.717, 1.165) is 12.8 Å². The molecule has 10 heavy (non-hydrogen) atoms. The maximum Gasteiger partial charge on any atom is 0.120 e. The fraction of sp³-hybridized carbons (Fsp3) is 0.778. The Morgan fingerprint density at radius 1 is 1.20 bits per heavy atom. The van der Waals surface area contributed by atoms with Gasteiger partial charge < -0.3 is 0 Å². The van der Waals surface area contributed by atoms with Crippen molar-refractivity contribution < 1.29 is 4.79 Å². The Morgan fingerprint density at radius 2 is 1.90 bits per heavy atom. The van der Waals surface area contributed by atoms with E-state index in [1.165, 1.54) is 25.7 Å². The molecular formula is C9H16O. The van der Waals surface area contributed by atoms with E-state index in [1.54, 1.807) is 12.0 Å². The van der Waals surface area contributed by atoms with Crippen LogP contribution in [-0.2, 0) is 4.79 Å². The monoisotopic (exact) mass is 140 g/mol. The van der Waals surface area contributed by atoms with E-state index in [1.807, 2.05) is 0 Å². The summed E-state index contributed by atoms with van der Waals surface area (Å²) in [5.41, 5.74) is 0. The molecule has 0 spiro atoms. The predicted molar refractivity (Wildman–Crippen MR) is 43.6 cm³/mol. The topological polar surface area (TPSA) is 17.1 Å². The molecule has 0 aliphatic rings. The van der Waals surface area contributed by atoms with Crippen molar-refractivity contribution in [1.82, 2.24) is 0 Å². The summed E-state index contributed by atoms with van der Waals surface area (Å²) >= 11 is 0. The van der Waals surface area contributed by atoms with E-state index < -0.39 is 0 Å². The van der Waals surface area contributed by atoms with Crippen LogP contribution in [0, 0.1) is 0 Å². The number of allylic oxidation sites excluding steroid dienone is 1. The molecule has 0 heterocycles. The molecule has 0 aliphatic carbocycles. The third-order valence-electron chi connectivity index (χ3n) is 1.54. The highest BCUT2D eigenvalue weighted by atomic mass is 16.1. The van der Waals surface area contributed by atoms with Crippen LogP contribution in [0.3, 0.4) is 0 Å². The summed E-state index contributed by atoms with van der Waals surface area (Å²) in [5, 5.41) is 0. The summed E-state index contributed by atoms with van der Waals surface area (Å²) in [4.78, 5) is 9.71. The van der Waals surface area contributed by atoms with E-state index >= 15 is 0 Å². The van der Waals surface area contributed by atoms with Crippen LogP contribution in [0.25, 0.3) is 0 Å². The van der Waals surface area contributed by atoms with Gasteiger partial charge in [0, 0.05) is 0 Å². The number of hydrogen-bond acceptors (Lipinski definition) is 1. The molecule has 0 aliphatic heterocycles. The first-order valence-electron chi connectivity index (χ1n) is 4.11. The number of rotatable bonds is 6. The second kappa shape index (κ2) is 8.45. The van der Waals surface area contributed by atoms with Gasteiger partial charge in [-0.1, -0.05) is 32.6 Å². The lowest BCUT2D eigenvalue weighted by atomic mass is 10.1. The fourth-order valence-electron chi connectivity index (χ4n) is 0.909. The third kappa shape index (κ3) is 7.45. The largest absolute Gasteiger partial charge is 0.234 e. The van der Waals surface area contributed by atoms with Crippen molar-refractivity contribution in [1.29, 1.82) is 0 Å². The molecule has 0 N–H and O–H groups in total. The molecule has 0 rings (SSSR count). The molecule has 0 amide bonds. The third-order valence-corrected chi connectivity index (χ3v) is 1.54. The second-order valence-electron chi connectivity index (χ2n) is 2.52. The molecule has 0 saturated carbocycles. The van der Waals surface area contributed by atoms with Crippen LogP contribution in [0.1, 0.15) is 45.4 Å². The molecule has 0 aromatic rings. The maximum absolute atomic E-state index is 9.71. The van der Waals surface area contributed by atoms with Gasteiger partial charge in [0.1, 0.15) is 5.94 Å². The number of hydrogen-bond donors (Lipinski definition) is 0. The Morgan fingerprint density at radius 3 is 2.50 bits per heavy atom. The van der Waals surface area contributed by atoms with Gasteiger partial charge in [0.2, 0.25) is 0 Å². The van der Waals surface area contributed by atoms with Crippen molar-refractivity contribution in [2.24, 2.45) is 0 Å². The van der Waals surface area contributed by atoms with Gasteiger partial charge in [0.15, 0.2) is 0 Å². The van der Waals surface area contributed by atoms with Crippen LogP contribution in [0.2, 0.25) is 0 Å². The predicted octanol–water partition coefficient (Wildman–Crippen LogP) is 2.73. The quantitative estimate of drug-likeness (QED) is 0.409. The molecule has 0 fully saturated rings. The first-order chi connectivity index (χ1) is 4.91. The van der Waals surface area contributed by atoms with Crippen LogP contribution in [0.5, 0.6) is 0 Å². The minimum absolute atomic E-state index is 0.910. The Balaban J connectivity index is 2.83. The summed E-state index contributed by atoms with van der Waals surface area (Å²) < 4.78 is 0. The molecule has 1 heteroatoms. The zero-order chi connectivity index (χ0) is 7.66. The summed E-state index contributed by atoms with van der Waals surface area (Å²) in [6.45, 7) is 2.20. The lowest BCUT2D eigenvalue weighted by Gasteiger charge is -1.94. The van der Waals surface area contributed by atoms with Crippen molar-refractivity contribution in [2.75, 3.05) is 0 Å². The molecule has 0 aromatic heterocycles. The average molecular weight is 140 g/mol. The van der Waals surface area contributed by atoms with E-state index in [2.05, 4.69) is 6.92 Å². The van der Waals surface area contributed by atoms with Gasteiger partial charge in [-0.2, -0.15) is 0 Å². The van der Waals surface area contributed by atoms with Crippen LogP contribution in [0.15, 0.2) is 6.08 Å². The SMILES string of the molecule is CCCCCCCC=C=O. The van der Waals surface area contributed by atoms with E-state index in [4.69, 9.17) is 0 Å². The van der Waals surface area contributed by atoms with Crippen molar-refractivity contribution in [3.63, 3.8) is 0 Å². The molecule has 1 nitrogen and oxygen atoms in total. The lowest BCUT2D eigenvalue weighted by molar-refractivity contribution is 0.567. The van der Waals surface area contributed by atoms with E-state index in [-0.39, 0.29) is 0 Å². The molecule has 0 radical (unpaired) electrons. The molecular weight excluding hydrogens is 124 g/mol.